The number of amides is 2. The van der Waals surface area contributed by atoms with Gasteiger partial charge in [-0.05, 0) is 50.6 Å². The highest BCUT2D eigenvalue weighted by atomic mass is 19.1. The number of rotatable bonds is 4. The number of ether oxygens (including phenoxy) is 1. The summed E-state index contributed by atoms with van der Waals surface area (Å²) < 4.78 is 19.7. The summed E-state index contributed by atoms with van der Waals surface area (Å²) in [5, 5.41) is 9.20. The molecule has 1 aliphatic heterocycles. The van der Waals surface area contributed by atoms with E-state index < -0.39 is 11.9 Å². The molecule has 2 aromatic carbocycles. The van der Waals surface area contributed by atoms with Crippen molar-refractivity contribution in [2.45, 2.75) is 33.2 Å². The predicted octanol–water partition coefficient (Wildman–Crippen LogP) is 3.09. The number of nitrogens with one attached hydrogen (secondary N) is 2. The van der Waals surface area contributed by atoms with E-state index in [4.69, 9.17) is 4.74 Å². The lowest BCUT2D eigenvalue weighted by molar-refractivity contribution is -0.120. The van der Waals surface area contributed by atoms with Gasteiger partial charge >= 0.3 is 0 Å². The van der Waals surface area contributed by atoms with Crippen LogP contribution in [0.2, 0.25) is 0 Å². The third-order valence-electron chi connectivity index (χ3n) is 5.29. The summed E-state index contributed by atoms with van der Waals surface area (Å²) in [5.41, 5.74) is 1.59. The lowest BCUT2D eigenvalue weighted by atomic mass is 9.97. The quantitative estimate of drug-likeness (QED) is 0.565. The van der Waals surface area contributed by atoms with Crippen LogP contribution in [-0.2, 0) is 11.2 Å². The lowest BCUT2D eigenvalue weighted by Gasteiger charge is -2.20. The van der Waals surface area contributed by atoms with Crippen molar-refractivity contribution in [3.63, 3.8) is 0 Å². The normalized spacial score (nSPS) is 15.4. The van der Waals surface area contributed by atoms with Gasteiger partial charge in [0.05, 0.1) is 5.69 Å². The molecule has 2 amide bonds. The van der Waals surface area contributed by atoms with Crippen molar-refractivity contribution in [3.8, 4) is 17.6 Å². The highest BCUT2D eigenvalue weighted by molar-refractivity contribution is 6.02. The minimum Gasteiger partial charge on any atom is -0.489 e. The van der Waals surface area contributed by atoms with E-state index in [9.17, 15) is 14.0 Å². The van der Waals surface area contributed by atoms with Crippen LogP contribution in [0.3, 0.4) is 0 Å². The molecular formula is C26H26FN5O3. The van der Waals surface area contributed by atoms with Gasteiger partial charge in [-0.25, -0.2) is 9.37 Å². The third kappa shape index (κ3) is 5.66. The Morgan fingerprint density at radius 3 is 2.80 bits per heavy atom. The number of hydrogen-bond acceptors (Lipinski definition) is 5. The number of anilines is 1. The summed E-state index contributed by atoms with van der Waals surface area (Å²) in [6.45, 7) is 6.01. The highest BCUT2D eigenvalue weighted by Gasteiger charge is 2.31. The van der Waals surface area contributed by atoms with Crippen LogP contribution in [0.15, 0.2) is 42.5 Å². The molecule has 1 aliphatic rings. The monoisotopic (exact) mass is 475 g/mol. The first-order chi connectivity index (χ1) is 16.6. The van der Waals surface area contributed by atoms with Gasteiger partial charge in [0, 0.05) is 24.4 Å². The second-order valence-electron chi connectivity index (χ2n) is 9.29. The molecule has 4 rings (SSSR count). The maximum absolute atomic E-state index is 13.9. The number of carbonyl (C=O) groups is 2. The van der Waals surface area contributed by atoms with Gasteiger partial charge in [0.15, 0.2) is 0 Å². The van der Waals surface area contributed by atoms with Gasteiger partial charge in [0.1, 0.15) is 30.0 Å². The van der Waals surface area contributed by atoms with Crippen LogP contribution in [-0.4, -0.2) is 46.7 Å². The molecule has 9 heteroatoms. The Kier molecular flexibility index (Phi) is 6.56. The van der Waals surface area contributed by atoms with E-state index in [0.29, 0.717) is 22.8 Å². The highest BCUT2D eigenvalue weighted by Crippen LogP contribution is 2.31. The number of likely N-dealkylation sites (N-methyl/N-ethyl adjacent to an activating group) is 1. The third-order valence-corrected chi connectivity index (χ3v) is 5.29. The van der Waals surface area contributed by atoms with Crippen LogP contribution in [0.1, 0.15) is 48.3 Å². The van der Waals surface area contributed by atoms with Gasteiger partial charge in [-0.3, -0.25) is 14.7 Å². The molecule has 0 spiro atoms. The van der Waals surface area contributed by atoms with E-state index in [1.54, 1.807) is 37.4 Å². The number of halogens is 1. The minimum absolute atomic E-state index is 0.0541. The zero-order chi connectivity index (χ0) is 25.2. The number of aromatic nitrogens is 3. The van der Waals surface area contributed by atoms with Crippen molar-refractivity contribution >= 4 is 17.5 Å². The van der Waals surface area contributed by atoms with E-state index in [1.165, 1.54) is 11.0 Å². The van der Waals surface area contributed by atoms with Gasteiger partial charge in [-0.1, -0.05) is 30.0 Å². The molecule has 0 saturated carbocycles. The Balaban J connectivity index is 1.46. The average molecular weight is 476 g/mol. The molecule has 1 aromatic heterocycles. The van der Waals surface area contributed by atoms with Crippen molar-refractivity contribution < 1.29 is 18.7 Å². The molecule has 0 unspecified atom stereocenters. The smallest absolute Gasteiger partial charge is 0.291 e. The number of fused-ring (bicyclic) bond motifs is 1. The van der Waals surface area contributed by atoms with Crippen LogP contribution < -0.4 is 15.0 Å². The summed E-state index contributed by atoms with van der Waals surface area (Å²) in [5.74, 6) is 5.64. The van der Waals surface area contributed by atoms with E-state index in [0.717, 1.165) is 5.56 Å². The fourth-order valence-corrected chi connectivity index (χ4v) is 3.46. The van der Waals surface area contributed by atoms with E-state index in [-0.39, 0.29) is 36.0 Å². The van der Waals surface area contributed by atoms with Gasteiger partial charge in [0.25, 0.3) is 11.8 Å². The first-order valence-electron chi connectivity index (χ1n) is 11.1. The lowest BCUT2D eigenvalue weighted by Crippen LogP contribution is -2.49. The first-order valence-corrected chi connectivity index (χ1v) is 11.1. The van der Waals surface area contributed by atoms with Gasteiger partial charge in [-0.2, -0.15) is 0 Å². The maximum Gasteiger partial charge on any atom is 0.291 e. The van der Waals surface area contributed by atoms with Crippen molar-refractivity contribution in [2.75, 3.05) is 18.6 Å². The molecule has 3 aromatic rings. The number of hydrogen-bond donors (Lipinski definition) is 2. The maximum atomic E-state index is 13.9. The zero-order valence-electron chi connectivity index (χ0n) is 20.0. The minimum atomic E-state index is -0.947. The van der Waals surface area contributed by atoms with E-state index in [2.05, 4.69) is 32.3 Å². The summed E-state index contributed by atoms with van der Waals surface area (Å²) >= 11 is 0. The molecule has 2 N–H and O–H groups in total. The van der Waals surface area contributed by atoms with Crippen LogP contribution in [0.4, 0.5) is 10.1 Å². The molecule has 1 atom stereocenters. The Labute approximate surface area is 202 Å². The fraction of sp³-hybridized carbons (Fsp3) is 0.308. The van der Waals surface area contributed by atoms with Gasteiger partial charge in [0.2, 0.25) is 5.82 Å². The zero-order valence-corrected chi connectivity index (χ0v) is 20.0. The second-order valence-corrected chi connectivity index (χ2v) is 9.29. The Bertz CT molecular complexity index is 1330. The van der Waals surface area contributed by atoms with Crippen LogP contribution in [0, 0.1) is 23.1 Å². The number of H-pyrrole nitrogens is 1. The molecular weight excluding hydrogens is 449 g/mol. The number of aromatic amines is 1. The summed E-state index contributed by atoms with van der Waals surface area (Å²) in [6.07, 6.45) is 0.150. The summed E-state index contributed by atoms with van der Waals surface area (Å²) in [4.78, 5) is 31.4. The topological polar surface area (TPSA) is 100 Å². The Morgan fingerprint density at radius 1 is 1.29 bits per heavy atom. The number of benzene rings is 2. The Morgan fingerprint density at radius 2 is 2.06 bits per heavy atom. The Hall–Kier alpha value is -4.19. The predicted molar refractivity (Wildman–Crippen MR) is 129 cm³/mol. The molecule has 0 radical (unpaired) electrons. The number of carbonyl (C=O) groups excluding carboxylic acids is 2. The van der Waals surface area contributed by atoms with Crippen molar-refractivity contribution in [2.24, 2.45) is 5.41 Å². The molecule has 8 nitrogen and oxygen atoms in total. The summed E-state index contributed by atoms with van der Waals surface area (Å²) in [7, 11) is 1.62. The van der Waals surface area contributed by atoms with Gasteiger partial charge < -0.3 is 15.0 Å². The largest absolute Gasteiger partial charge is 0.489 e. The average Bonchev–Trinajstić information content (AvgIpc) is 3.25. The van der Waals surface area contributed by atoms with E-state index in [1.807, 2.05) is 26.8 Å². The molecule has 0 bridgehead atoms. The van der Waals surface area contributed by atoms with Gasteiger partial charge in [-0.15, -0.1) is 5.10 Å². The standard InChI is InChI=1S/C26H26FN5O3/c1-26(2,3)12-11-16-9-10-21-20(13-16)32(4)25(34)19(15-35-21)28-24(33)23-29-22(30-31-23)14-17-7-5-6-8-18(17)27/h5-10,13,19H,14-15H2,1-4H3,(H,28,33)(H,29,30,31)/t19-/m0/s1. The first kappa shape index (κ1) is 24.0. The second kappa shape index (κ2) is 9.58. The van der Waals surface area contributed by atoms with Crippen LogP contribution >= 0.6 is 0 Å². The summed E-state index contributed by atoms with van der Waals surface area (Å²) in [6, 6.07) is 10.7. The molecule has 0 fully saturated rings. The van der Waals surface area contributed by atoms with Crippen LogP contribution in [0.5, 0.6) is 5.75 Å². The fourth-order valence-electron chi connectivity index (χ4n) is 3.46. The van der Waals surface area contributed by atoms with Crippen molar-refractivity contribution in [3.05, 3.63) is 71.1 Å². The molecule has 35 heavy (non-hydrogen) atoms. The SMILES string of the molecule is CN1C(=O)[C@@H](NC(=O)c2n[nH]c(Cc3ccccc3F)n2)COc2ccc(C#CC(C)(C)C)cc21. The van der Waals surface area contributed by atoms with Crippen molar-refractivity contribution in [1.29, 1.82) is 0 Å². The molecule has 180 valence electrons. The molecule has 2 heterocycles. The van der Waals surface area contributed by atoms with E-state index >= 15 is 0 Å². The van der Waals surface area contributed by atoms with Crippen molar-refractivity contribution in [1.82, 2.24) is 20.5 Å². The molecule has 0 aliphatic carbocycles. The van der Waals surface area contributed by atoms with Crippen LogP contribution in [0.25, 0.3) is 0 Å². The number of nitrogens with zero attached hydrogens (tertiary/aromatic N) is 3. The molecule has 0 saturated heterocycles.